The molecule has 1 aromatic carbocycles. The zero-order valence-electron chi connectivity index (χ0n) is 19.5. The van der Waals surface area contributed by atoms with Crippen molar-refractivity contribution >= 4 is 21.8 Å². The highest BCUT2D eigenvalue weighted by Gasteiger charge is 2.38. The summed E-state index contributed by atoms with van der Waals surface area (Å²) in [6.45, 7) is 5.47. The van der Waals surface area contributed by atoms with Crippen molar-refractivity contribution in [3.05, 3.63) is 46.8 Å². The fraction of sp³-hybridized carbons (Fsp3) is 0.478. The average molecular weight is 479 g/mol. The molecule has 1 saturated heterocycles. The van der Waals surface area contributed by atoms with E-state index in [4.69, 9.17) is 14.2 Å². The molecule has 180 valence electrons. The third-order valence-electron chi connectivity index (χ3n) is 5.96. The molecule has 1 aliphatic heterocycles. The van der Waals surface area contributed by atoms with Gasteiger partial charge in [-0.1, -0.05) is 0 Å². The molecule has 0 saturated carbocycles. The maximum absolute atomic E-state index is 13.6. The van der Waals surface area contributed by atoms with E-state index < -0.39 is 27.8 Å². The van der Waals surface area contributed by atoms with Gasteiger partial charge in [0.15, 0.2) is 5.78 Å². The Bertz CT molecular complexity index is 1120. The maximum Gasteiger partial charge on any atom is 0.354 e. The van der Waals surface area contributed by atoms with Crippen molar-refractivity contribution in [3.8, 4) is 5.75 Å². The van der Waals surface area contributed by atoms with Crippen molar-refractivity contribution in [2.24, 2.45) is 0 Å². The van der Waals surface area contributed by atoms with Gasteiger partial charge in [0.2, 0.25) is 10.0 Å². The Morgan fingerprint density at radius 1 is 1.21 bits per heavy atom. The van der Waals surface area contributed by atoms with Gasteiger partial charge in [-0.05, 0) is 63.4 Å². The molecule has 2 atom stereocenters. The van der Waals surface area contributed by atoms with E-state index in [-0.39, 0.29) is 28.8 Å². The first kappa shape index (κ1) is 24.9. The molecule has 0 radical (unpaired) electrons. The quantitative estimate of drug-likeness (QED) is 0.435. The monoisotopic (exact) mass is 478 g/mol. The Morgan fingerprint density at radius 3 is 2.42 bits per heavy atom. The number of Topliss-reactive ketones (excluding diaryl/α,β-unsaturated/α-hetero) is 1. The summed E-state index contributed by atoms with van der Waals surface area (Å²) in [5.74, 6) is -0.478. The minimum Gasteiger partial charge on any atom is -0.497 e. The number of H-pyrrole nitrogens is 1. The number of carbonyl (C=O) groups excluding carboxylic acids is 2. The van der Waals surface area contributed by atoms with E-state index in [0.29, 0.717) is 30.0 Å². The lowest BCUT2D eigenvalue weighted by Crippen LogP contribution is -2.47. The van der Waals surface area contributed by atoms with Crippen LogP contribution in [0, 0.1) is 13.8 Å². The average Bonchev–Trinajstić information content (AvgIpc) is 3.43. The van der Waals surface area contributed by atoms with Crippen LogP contribution in [0.5, 0.6) is 5.75 Å². The highest BCUT2D eigenvalue weighted by atomic mass is 32.2. The summed E-state index contributed by atoms with van der Waals surface area (Å²) in [5.41, 5.74) is 1.36. The summed E-state index contributed by atoms with van der Waals surface area (Å²) in [6.07, 6.45) is 1.25. The molecule has 1 N–H and O–H groups in total. The first-order valence-electron chi connectivity index (χ1n) is 10.7. The number of carbonyl (C=O) groups is 2. The van der Waals surface area contributed by atoms with Crippen LogP contribution in [-0.4, -0.2) is 69.0 Å². The van der Waals surface area contributed by atoms with Gasteiger partial charge >= 0.3 is 5.97 Å². The molecule has 3 rings (SSSR count). The lowest BCUT2D eigenvalue weighted by molar-refractivity contribution is 0.0593. The predicted molar refractivity (Wildman–Crippen MR) is 121 cm³/mol. The number of nitrogens with zero attached hydrogens (tertiary/aromatic N) is 1. The summed E-state index contributed by atoms with van der Waals surface area (Å²) in [6, 6.07) is 5.01. The summed E-state index contributed by atoms with van der Waals surface area (Å²) < 4.78 is 44.0. The van der Waals surface area contributed by atoms with E-state index in [1.54, 1.807) is 32.9 Å². The van der Waals surface area contributed by atoms with Crippen LogP contribution in [-0.2, 0) is 19.5 Å². The zero-order chi connectivity index (χ0) is 24.3. The van der Waals surface area contributed by atoms with Gasteiger partial charge in [-0.15, -0.1) is 0 Å². The molecule has 0 spiro atoms. The van der Waals surface area contributed by atoms with Crippen LogP contribution in [0.4, 0.5) is 0 Å². The summed E-state index contributed by atoms with van der Waals surface area (Å²) in [5, 5.41) is 0. The van der Waals surface area contributed by atoms with Crippen LogP contribution < -0.4 is 4.74 Å². The van der Waals surface area contributed by atoms with Gasteiger partial charge < -0.3 is 19.2 Å². The fourth-order valence-electron chi connectivity index (χ4n) is 4.10. The maximum atomic E-state index is 13.6. The fourth-order valence-corrected chi connectivity index (χ4v) is 5.73. The van der Waals surface area contributed by atoms with Crippen molar-refractivity contribution in [1.29, 1.82) is 0 Å². The normalized spacial score (nSPS) is 17.2. The molecule has 1 fully saturated rings. The Balaban J connectivity index is 2.00. The third kappa shape index (κ3) is 4.97. The highest BCUT2D eigenvalue weighted by molar-refractivity contribution is 7.89. The van der Waals surface area contributed by atoms with Crippen LogP contribution >= 0.6 is 0 Å². The number of aromatic nitrogens is 1. The second-order valence-electron chi connectivity index (χ2n) is 8.04. The van der Waals surface area contributed by atoms with Crippen molar-refractivity contribution in [2.75, 3.05) is 27.4 Å². The lowest BCUT2D eigenvalue weighted by Gasteiger charge is -2.29. The zero-order valence-corrected chi connectivity index (χ0v) is 20.3. The van der Waals surface area contributed by atoms with Crippen molar-refractivity contribution < 1.29 is 32.2 Å². The summed E-state index contributed by atoms with van der Waals surface area (Å²) >= 11 is 0. The SMILES string of the molecule is COC(=O)c1[nH]c(C)c(C(=O)C(C)N(CC2CCCO2)S(=O)(=O)c2ccc(OC)cc2)c1C. The molecule has 9 nitrogen and oxygen atoms in total. The second kappa shape index (κ2) is 10.1. The smallest absolute Gasteiger partial charge is 0.354 e. The van der Waals surface area contributed by atoms with E-state index in [0.717, 1.165) is 6.42 Å². The number of ketones is 1. The molecule has 1 aromatic heterocycles. The van der Waals surface area contributed by atoms with Crippen LogP contribution in [0.1, 0.15) is 51.9 Å². The molecular weight excluding hydrogens is 448 g/mol. The molecule has 0 bridgehead atoms. The lowest BCUT2D eigenvalue weighted by atomic mass is 10.0. The van der Waals surface area contributed by atoms with Crippen LogP contribution in [0.15, 0.2) is 29.2 Å². The molecule has 10 heteroatoms. The molecule has 1 aliphatic rings. The minimum atomic E-state index is -4.03. The molecule has 33 heavy (non-hydrogen) atoms. The summed E-state index contributed by atoms with van der Waals surface area (Å²) in [4.78, 5) is 28.6. The van der Waals surface area contributed by atoms with E-state index in [1.807, 2.05) is 0 Å². The second-order valence-corrected chi connectivity index (χ2v) is 9.93. The molecule has 2 aromatic rings. The minimum absolute atomic E-state index is 0.0493. The topological polar surface area (TPSA) is 115 Å². The van der Waals surface area contributed by atoms with Gasteiger partial charge in [0.05, 0.1) is 31.3 Å². The van der Waals surface area contributed by atoms with Gasteiger partial charge in [-0.3, -0.25) is 4.79 Å². The van der Waals surface area contributed by atoms with Crippen molar-refractivity contribution in [2.45, 2.75) is 50.7 Å². The van der Waals surface area contributed by atoms with Gasteiger partial charge in [-0.2, -0.15) is 4.31 Å². The summed E-state index contributed by atoms with van der Waals surface area (Å²) in [7, 11) is -1.28. The van der Waals surface area contributed by atoms with Crippen molar-refractivity contribution in [3.63, 3.8) is 0 Å². The first-order chi connectivity index (χ1) is 15.6. The number of ether oxygens (including phenoxy) is 3. The van der Waals surface area contributed by atoms with E-state index in [1.165, 1.54) is 30.7 Å². The van der Waals surface area contributed by atoms with E-state index in [2.05, 4.69) is 4.98 Å². The van der Waals surface area contributed by atoms with E-state index in [9.17, 15) is 18.0 Å². The molecular formula is C23H30N2O7S. The number of hydrogen-bond acceptors (Lipinski definition) is 7. The molecule has 2 heterocycles. The first-order valence-corrected chi connectivity index (χ1v) is 12.1. The number of methoxy groups -OCH3 is 2. The highest BCUT2D eigenvalue weighted by Crippen LogP contribution is 2.27. The van der Waals surface area contributed by atoms with Gasteiger partial charge in [-0.25, -0.2) is 13.2 Å². The number of rotatable bonds is 9. The van der Waals surface area contributed by atoms with E-state index >= 15 is 0 Å². The Morgan fingerprint density at radius 2 is 1.88 bits per heavy atom. The third-order valence-corrected chi connectivity index (χ3v) is 7.91. The van der Waals surface area contributed by atoms with Crippen LogP contribution in [0.2, 0.25) is 0 Å². The number of sulfonamides is 1. The largest absolute Gasteiger partial charge is 0.497 e. The molecule has 2 unspecified atom stereocenters. The number of aromatic amines is 1. The van der Waals surface area contributed by atoms with Crippen molar-refractivity contribution in [1.82, 2.24) is 9.29 Å². The van der Waals surface area contributed by atoms with Gasteiger partial charge in [0.1, 0.15) is 11.4 Å². The number of esters is 1. The predicted octanol–water partition coefficient (Wildman–Crippen LogP) is 2.87. The number of aryl methyl sites for hydroxylation is 1. The standard InChI is InChI=1S/C23H30N2O7S/c1-14-20(15(2)24-21(14)23(27)31-5)22(26)16(3)25(13-18-7-6-12-32-18)33(28,29)19-10-8-17(30-4)9-11-19/h8-11,16,18,24H,6-7,12-13H2,1-5H3. The molecule has 0 amide bonds. The Hall–Kier alpha value is -2.69. The molecule has 0 aliphatic carbocycles. The Kier molecular flexibility index (Phi) is 7.61. The number of hydrogen-bond donors (Lipinski definition) is 1. The van der Waals surface area contributed by atoms with Crippen LogP contribution in [0.3, 0.4) is 0 Å². The van der Waals surface area contributed by atoms with Crippen LogP contribution in [0.25, 0.3) is 0 Å². The van der Waals surface area contributed by atoms with Gasteiger partial charge in [0.25, 0.3) is 0 Å². The number of nitrogens with one attached hydrogen (secondary N) is 1. The Labute approximate surface area is 194 Å². The van der Waals surface area contributed by atoms with Gasteiger partial charge in [0, 0.05) is 24.4 Å². The number of benzene rings is 1.